The Bertz CT molecular complexity index is 626. The molecule has 0 radical (unpaired) electrons. The minimum atomic E-state index is -0.546. The number of halogens is 3. The second-order valence-electron chi connectivity index (χ2n) is 4.58. The summed E-state index contributed by atoms with van der Waals surface area (Å²) in [6, 6.07) is 7.84. The Morgan fingerprint density at radius 3 is 2.37 bits per heavy atom. The minimum absolute atomic E-state index is 0.0456. The Balaban J connectivity index is 2.53. The molecule has 0 aliphatic carbocycles. The van der Waals surface area contributed by atoms with E-state index in [2.05, 4.69) is 0 Å². The van der Waals surface area contributed by atoms with E-state index in [0.29, 0.717) is 10.6 Å². The van der Waals surface area contributed by atoms with Crippen LogP contribution in [0.25, 0.3) is 0 Å². The van der Waals surface area contributed by atoms with Crippen molar-refractivity contribution in [3.63, 3.8) is 0 Å². The highest BCUT2D eigenvalue weighted by atomic mass is 35.5. The summed E-state index contributed by atoms with van der Waals surface area (Å²) in [4.78, 5) is 0. The van der Waals surface area contributed by atoms with Gasteiger partial charge in [0, 0.05) is 5.02 Å². The van der Waals surface area contributed by atoms with Crippen LogP contribution in [0.4, 0.5) is 4.39 Å². The maximum Gasteiger partial charge on any atom is 0.142 e. The molecule has 2 aromatic carbocycles. The van der Waals surface area contributed by atoms with Crippen LogP contribution in [0.15, 0.2) is 30.3 Å². The first-order valence-electron chi connectivity index (χ1n) is 5.88. The lowest BCUT2D eigenvalue weighted by molar-refractivity contribution is 0.624. The van der Waals surface area contributed by atoms with Gasteiger partial charge >= 0.3 is 0 Å². The molecule has 1 nitrogen and oxygen atoms in total. The standard InChI is InChI=1S/C15H14Cl2FN/c1-8-6-11(12(16)7-9(8)2)15(19)10-4-3-5-13(18)14(10)17/h3-7,15H,19H2,1-2H3. The van der Waals surface area contributed by atoms with Crippen molar-refractivity contribution in [3.05, 3.63) is 68.4 Å². The zero-order chi connectivity index (χ0) is 14.2. The van der Waals surface area contributed by atoms with Crippen LogP contribution in [0.3, 0.4) is 0 Å². The van der Waals surface area contributed by atoms with Crippen molar-refractivity contribution < 1.29 is 4.39 Å². The van der Waals surface area contributed by atoms with Gasteiger partial charge in [-0.2, -0.15) is 0 Å². The highest BCUT2D eigenvalue weighted by molar-refractivity contribution is 6.32. The van der Waals surface area contributed by atoms with E-state index in [1.54, 1.807) is 12.1 Å². The molecule has 0 saturated carbocycles. The lowest BCUT2D eigenvalue weighted by Gasteiger charge is -2.17. The van der Waals surface area contributed by atoms with Crippen LogP contribution in [0.1, 0.15) is 28.3 Å². The largest absolute Gasteiger partial charge is 0.320 e. The molecule has 2 N–H and O–H groups in total. The summed E-state index contributed by atoms with van der Waals surface area (Å²) in [6.45, 7) is 3.96. The lowest BCUT2D eigenvalue weighted by Crippen LogP contribution is -2.14. The molecule has 0 aliphatic heterocycles. The highest BCUT2D eigenvalue weighted by Crippen LogP contribution is 2.33. The van der Waals surface area contributed by atoms with Crippen LogP contribution in [-0.2, 0) is 0 Å². The van der Waals surface area contributed by atoms with Gasteiger partial charge in [-0.3, -0.25) is 0 Å². The third-order valence-electron chi connectivity index (χ3n) is 3.26. The van der Waals surface area contributed by atoms with E-state index >= 15 is 0 Å². The van der Waals surface area contributed by atoms with E-state index in [-0.39, 0.29) is 5.02 Å². The minimum Gasteiger partial charge on any atom is -0.320 e. The first-order valence-corrected chi connectivity index (χ1v) is 6.63. The average Bonchev–Trinajstić information content (AvgIpc) is 2.36. The van der Waals surface area contributed by atoms with Gasteiger partial charge in [-0.15, -0.1) is 0 Å². The van der Waals surface area contributed by atoms with Gasteiger partial charge in [0.2, 0.25) is 0 Å². The van der Waals surface area contributed by atoms with E-state index < -0.39 is 11.9 Å². The highest BCUT2D eigenvalue weighted by Gasteiger charge is 2.18. The smallest absolute Gasteiger partial charge is 0.142 e. The summed E-state index contributed by atoms with van der Waals surface area (Å²) < 4.78 is 13.5. The number of nitrogens with two attached hydrogens (primary N) is 1. The maximum absolute atomic E-state index is 13.5. The Morgan fingerprint density at radius 1 is 1.05 bits per heavy atom. The first-order chi connectivity index (χ1) is 8.91. The predicted octanol–water partition coefficient (Wildman–Crippen LogP) is 4.80. The Hall–Kier alpha value is -1.09. The SMILES string of the molecule is Cc1cc(Cl)c(C(N)c2cccc(F)c2Cl)cc1C. The molecular weight excluding hydrogens is 284 g/mol. The van der Waals surface area contributed by atoms with Gasteiger partial charge in [-0.25, -0.2) is 4.39 Å². The van der Waals surface area contributed by atoms with E-state index in [9.17, 15) is 4.39 Å². The van der Waals surface area contributed by atoms with Crippen molar-refractivity contribution >= 4 is 23.2 Å². The summed E-state index contributed by atoms with van der Waals surface area (Å²) in [7, 11) is 0. The third-order valence-corrected chi connectivity index (χ3v) is 3.99. The zero-order valence-electron chi connectivity index (χ0n) is 10.7. The number of benzene rings is 2. The molecule has 0 amide bonds. The molecule has 1 atom stereocenters. The fourth-order valence-electron chi connectivity index (χ4n) is 1.97. The van der Waals surface area contributed by atoms with Crippen molar-refractivity contribution in [1.82, 2.24) is 0 Å². The van der Waals surface area contributed by atoms with Gasteiger partial charge in [0.25, 0.3) is 0 Å². The molecule has 2 rings (SSSR count). The van der Waals surface area contributed by atoms with Crippen LogP contribution in [0, 0.1) is 19.7 Å². The van der Waals surface area contributed by atoms with Gasteiger partial charge < -0.3 is 5.73 Å². The van der Waals surface area contributed by atoms with E-state index in [1.165, 1.54) is 6.07 Å². The first kappa shape index (κ1) is 14.3. The van der Waals surface area contributed by atoms with Crippen molar-refractivity contribution in [3.8, 4) is 0 Å². The average molecular weight is 298 g/mol. The summed E-state index contributed by atoms with van der Waals surface area (Å²) >= 11 is 12.2. The van der Waals surface area contributed by atoms with Crippen LogP contribution >= 0.6 is 23.2 Å². The number of hydrogen-bond acceptors (Lipinski definition) is 1. The fraction of sp³-hybridized carbons (Fsp3) is 0.200. The van der Waals surface area contributed by atoms with Gasteiger partial charge in [-0.05, 0) is 48.2 Å². The fourth-order valence-corrected chi connectivity index (χ4v) is 2.55. The van der Waals surface area contributed by atoms with Crippen LogP contribution in [-0.4, -0.2) is 0 Å². The van der Waals surface area contributed by atoms with E-state index in [1.807, 2.05) is 26.0 Å². The van der Waals surface area contributed by atoms with Gasteiger partial charge in [0.1, 0.15) is 5.82 Å². The maximum atomic E-state index is 13.5. The van der Waals surface area contributed by atoms with Crippen molar-refractivity contribution in [2.24, 2.45) is 5.73 Å². The summed E-state index contributed by atoms with van der Waals surface area (Å²) in [5, 5.41) is 0.611. The van der Waals surface area contributed by atoms with Crippen LogP contribution in [0.5, 0.6) is 0 Å². The molecule has 0 heterocycles. The quantitative estimate of drug-likeness (QED) is 0.847. The van der Waals surface area contributed by atoms with Crippen LogP contribution in [0.2, 0.25) is 10.0 Å². The third kappa shape index (κ3) is 2.76. The summed E-state index contributed by atoms with van der Waals surface area (Å²) in [5.74, 6) is -0.477. The van der Waals surface area contributed by atoms with Gasteiger partial charge in [0.05, 0.1) is 11.1 Å². The Kier molecular flexibility index (Phi) is 4.14. The molecule has 0 aliphatic rings. The van der Waals surface area contributed by atoms with Crippen molar-refractivity contribution in [2.75, 3.05) is 0 Å². The second-order valence-corrected chi connectivity index (χ2v) is 5.36. The molecule has 4 heteroatoms. The molecular formula is C15H14Cl2FN. The summed E-state index contributed by atoms with van der Waals surface area (Å²) in [6.07, 6.45) is 0. The second kappa shape index (κ2) is 5.49. The normalized spacial score (nSPS) is 12.5. The van der Waals surface area contributed by atoms with E-state index in [4.69, 9.17) is 28.9 Å². The lowest BCUT2D eigenvalue weighted by atomic mass is 9.96. The molecule has 1 unspecified atom stereocenters. The molecule has 19 heavy (non-hydrogen) atoms. The molecule has 0 spiro atoms. The zero-order valence-corrected chi connectivity index (χ0v) is 12.2. The van der Waals surface area contributed by atoms with Gasteiger partial charge in [-0.1, -0.05) is 41.4 Å². The summed E-state index contributed by atoms with van der Waals surface area (Å²) in [5.41, 5.74) is 9.63. The Morgan fingerprint density at radius 2 is 1.68 bits per heavy atom. The monoisotopic (exact) mass is 297 g/mol. The number of hydrogen-bond donors (Lipinski definition) is 1. The molecule has 0 fully saturated rings. The Labute approximate surface area is 122 Å². The topological polar surface area (TPSA) is 26.0 Å². The molecule has 100 valence electrons. The predicted molar refractivity (Wildman–Crippen MR) is 78.4 cm³/mol. The van der Waals surface area contributed by atoms with Crippen molar-refractivity contribution in [1.29, 1.82) is 0 Å². The number of rotatable bonds is 2. The molecule has 2 aromatic rings. The van der Waals surface area contributed by atoms with E-state index in [0.717, 1.165) is 16.7 Å². The number of aryl methyl sites for hydroxylation is 2. The molecule has 0 saturated heterocycles. The van der Waals surface area contributed by atoms with Crippen LogP contribution < -0.4 is 5.73 Å². The molecule has 0 bridgehead atoms. The van der Waals surface area contributed by atoms with Crippen molar-refractivity contribution in [2.45, 2.75) is 19.9 Å². The van der Waals surface area contributed by atoms with Gasteiger partial charge in [0.15, 0.2) is 0 Å². The molecule has 0 aromatic heterocycles.